The molecule has 0 aliphatic heterocycles. The SMILES string of the molecule is CCCCC#C/C(=C(/F)C(=O)OCC)C(F)(F)F. The molecule has 0 aliphatic rings. The Labute approximate surface area is 103 Å². The first-order valence-electron chi connectivity index (χ1n) is 5.47. The van der Waals surface area contributed by atoms with Crippen LogP contribution in [0.1, 0.15) is 33.1 Å². The van der Waals surface area contributed by atoms with Gasteiger partial charge in [0.1, 0.15) is 5.57 Å². The molecule has 0 spiro atoms. The van der Waals surface area contributed by atoms with Crippen LogP contribution in [0.25, 0.3) is 0 Å². The van der Waals surface area contributed by atoms with Crippen molar-refractivity contribution in [3.63, 3.8) is 0 Å². The third-order valence-electron chi connectivity index (χ3n) is 1.83. The van der Waals surface area contributed by atoms with Crippen LogP contribution in [0.3, 0.4) is 0 Å². The molecular weight excluding hydrogens is 252 g/mol. The molecule has 0 aliphatic carbocycles. The number of alkyl halides is 3. The molecular formula is C12H14F4O2. The maximum Gasteiger partial charge on any atom is 0.427 e. The molecule has 0 fully saturated rings. The van der Waals surface area contributed by atoms with Crippen LogP contribution in [0.2, 0.25) is 0 Å². The highest BCUT2D eigenvalue weighted by Gasteiger charge is 2.38. The third kappa shape index (κ3) is 5.71. The van der Waals surface area contributed by atoms with Gasteiger partial charge >= 0.3 is 12.1 Å². The van der Waals surface area contributed by atoms with Gasteiger partial charge in [-0.1, -0.05) is 25.2 Å². The first-order chi connectivity index (χ1) is 8.34. The van der Waals surface area contributed by atoms with Gasteiger partial charge in [-0.05, 0) is 13.3 Å². The van der Waals surface area contributed by atoms with E-state index in [1.165, 1.54) is 6.92 Å². The largest absolute Gasteiger partial charge is 0.461 e. The van der Waals surface area contributed by atoms with Crippen LogP contribution in [0.4, 0.5) is 17.6 Å². The zero-order chi connectivity index (χ0) is 14.2. The van der Waals surface area contributed by atoms with Gasteiger partial charge in [0.2, 0.25) is 5.83 Å². The van der Waals surface area contributed by atoms with E-state index in [0.717, 1.165) is 6.42 Å². The van der Waals surface area contributed by atoms with Gasteiger partial charge in [0.25, 0.3) is 0 Å². The van der Waals surface area contributed by atoms with Gasteiger partial charge in [-0.2, -0.15) is 17.6 Å². The van der Waals surface area contributed by atoms with E-state index in [0.29, 0.717) is 6.42 Å². The molecule has 0 unspecified atom stereocenters. The molecule has 0 heterocycles. The van der Waals surface area contributed by atoms with Gasteiger partial charge in [0, 0.05) is 6.42 Å². The zero-order valence-corrected chi connectivity index (χ0v) is 10.2. The molecule has 18 heavy (non-hydrogen) atoms. The molecule has 0 saturated heterocycles. The van der Waals surface area contributed by atoms with E-state index in [1.54, 1.807) is 5.92 Å². The predicted molar refractivity (Wildman–Crippen MR) is 58.1 cm³/mol. The monoisotopic (exact) mass is 266 g/mol. The fourth-order valence-corrected chi connectivity index (χ4v) is 0.963. The Bertz CT molecular complexity index is 372. The number of allylic oxidation sites excluding steroid dienone is 1. The molecule has 0 N–H and O–H groups in total. The normalized spacial score (nSPS) is 12.3. The van der Waals surface area contributed by atoms with E-state index in [4.69, 9.17) is 0 Å². The topological polar surface area (TPSA) is 26.3 Å². The maximum atomic E-state index is 13.2. The lowest BCUT2D eigenvalue weighted by Gasteiger charge is -2.07. The Balaban J connectivity index is 5.15. The Morgan fingerprint density at radius 3 is 2.33 bits per heavy atom. The van der Waals surface area contributed by atoms with E-state index < -0.39 is 23.5 Å². The quantitative estimate of drug-likeness (QED) is 0.256. The van der Waals surface area contributed by atoms with Crippen molar-refractivity contribution in [3.8, 4) is 11.8 Å². The average Bonchev–Trinajstić information content (AvgIpc) is 2.27. The summed E-state index contributed by atoms with van der Waals surface area (Å²) in [6, 6.07) is 0. The minimum absolute atomic E-state index is 0.208. The minimum atomic E-state index is -5.00. The van der Waals surface area contributed by atoms with E-state index >= 15 is 0 Å². The van der Waals surface area contributed by atoms with E-state index in [-0.39, 0.29) is 13.0 Å². The Morgan fingerprint density at radius 1 is 1.28 bits per heavy atom. The van der Waals surface area contributed by atoms with Gasteiger partial charge in [-0.15, -0.1) is 0 Å². The highest BCUT2D eigenvalue weighted by atomic mass is 19.4. The van der Waals surface area contributed by atoms with Gasteiger partial charge in [0.05, 0.1) is 6.61 Å². The lowest BCUT2D eigenvalue weighted by atomic mass is 10.2. The second-order valence-electron chi connectivity index (χ2n) is 3.31. The van der Waals surface area contributed by atoms with E-state index in [9.17, 15) is 22.4 Å². The van der Waals surface area contributed by atoms with Crippen LogP contribution in [-0.2, 0) is 9.53 Å². The van der Waals surface area contributed by atoms with Crippen molar-refractivity contribution in [2.45, 2.75) is 39.3 Å². The molecule has 0 saturated carbocycles. The van der Waals surface area contributed by atoms with Crippen molar-refractivity contribution in [2.24, 2.45) is 0 Å². The fourth-order valence-electron chi connectivity index (χ4n) is 0.963. The Morgan fingerprint density at radius 2 is 1.89 bits per heavy atom. The summed E-state index contributed by atoms with van der Waals surface area (Å²) in [7, 11) is 0. The summed E-state index contributed by atoms with van der Waals surface area (Å²) in [5, 5.41) is 0. The molecule has 0 rings (SSSR count). The van der Waals surface area contributed by atoms with Gasteiger partial charge in [0.15, 0.2) is 0 Å². The number of carbonyl (C=O) groups excluding carboxylic acids is 1. The number of ether oxygens (including phenoxy) is 1. The van der Waals surface area contributed by atoms with Crippen LogP contribution in [0.5, 0.6) is 0 Å². The molecule has 0 radical (unpaired) electrons. The summed E-state index contributed by atoms with van der Waals surface area (Å²) in [6.45, 7) is 3.01. The van der Waals surface area contributed by atoms with Crippen LogP contribution >= 0.6 is 0 Å². The molecule has 0 aromatic carbocycles. The van der Waals surface area contributed by atoms with Gasteiger partial charge in [-0.3, -0.25) is 0 Å². The van der Waals surface area contributed by atoms with Crippen molar-refractivity contribution in [1.82, 2.24) is 0 Å². The zero-order valence-electron chi connectivity index (χ0n) is 10.2. The van der Waals surface area contributed by atoms with Gasteiger partial charge < -0.3 is 4.74 Å². The summed E-state index contributed by atoms with van der Waals surface area (Å²) < 4.78 is 54.8. The van der Waals surface area contributed by atoms with Crippen molar-refractivity contribution >= 4 is 5.97 Å². The molecule has 0 aromatic heterocycles. The number of rotatable bonds is 4. The number of unbranched alkanes of at least 4 members (excludes halogenated alkanes) is 2. The van der Waals surface area contributed by atoms with Crippen LogP contribution < -0.4 is 0 Å². The van der Waals surface area contributed by atoms with Crippen molar-refractivity contribution in [2.75, 3.05) is 6.61 Å². The number of esters is 1. The summed E-state index contributed by atoms with van der Waals surface area (Å²) in [4.78, 5) is 10.9. The van der Waals surface area contributed by atoms with Crippen LogP contribution in [-0.4, -0.2) is 18.8 Å². The molecule has 2 nitrogen and oxygen atoms in total. The second-order valence-corrected chi connectivity index (χ2v) is 3.31. The number of hydrogen-bond acceptors (Lipinski definition) is 2. The molecule has 0 bridgehead atoms. The molecule has 0 atom stereocenters. The fraction of sp³-hybridized carbons (Fsp3) is 0.583. The average molecular weight is 266 g/mol. The van der Waals surface area contributed by atoms with Crippen molar-refractivity contribution in [1.29, 1.82) is 0 Å². The minimum Gasteiger partial charge on any atom is -0.461 e. The van der Waals surface area contributed by atoms with Gasteiger partial charge in [-0.25, -0.2) is 4.79 Å². The smallest absolute Gasteiger partial charge is 0.427 e. The summed E-state index contributed by atoms with van der Waals surface area (Å²) in [6.07, 6.45) is -3.42. The van der Waals surface area contributed by atoms with Crippen LogP contribution in [0.15, 0.2) is 11.4 Å². The first-order valence-corrected chi connectivity index (χ1v) is 5.47. The Kier molecular flexibility index (Phi) is 7.10. The number of halogens is 4. The second kappa shape index (κ2) is 7.75. The van der Waals surface area contributed by atoms with E-state index in [2.05, 4.69) is 10.7 Å². The lowest BCUT2D eigenvalue weighted by Crippen LogP contribution is -2.17. The molecule has 0 amide bonds. The van der Waals surface area contributed by atoms with Crippen molar-refractivity contribution in [3.05, 3.63) is 11.4 Å². The van der Waals surface area contributed by atoms with E-state index in [1.807, 2.05) is 6.92 Å². The van der Waals surface area contributed by atoms with Crippen LogP contribution in [0, 0.1) is 11.8 Å². The highest BCUT2D eigenvalue weighted by Crippen LogP contribution is 2.28. The lowest BCUT2D eigenvalue weighted by molar-refractivity contribution is -0.141. The number of carbonyl (C=O) groups is 1. The standard InChI is InChI=1S/C12H14F4O2/c1-3-5-6-7-8-9(12(14,15)16)10(13)11(17)18-4-2/h3-6H2,1-2H3/b10-9-. The first kappa shape index (κ1) is 16.5. The third-order valence-corrected chi connectivity index (χ3v) is 1.83. The molecule has 6 heteroatoms. The predicted octanol–water partition coefficient (Wildman–Crippen LogP) is 3.53. The molecule has 102 valence electrons. The Hall–Kier alpha value is -1.51. The summed E-state index contributed by atoms with van der Waals surface area (Å²) >= 11 is 0. The number of hydrogen-bond donors (Lipinski definition) is 0. The highest BCUT2D eigenvalue weighted by molar-refractivity contribution is 5.88. The summed E-state index contributed by atoms with van der Waals surface area (Å²) in [5.74, 6) is 0.221. The summed E-state index contributed by atoms with van der Waals surface area (Å²) in [5.41, 5.74) is -1.78. The molecule has 0 aromatic rings. The maximum absolute atomic E-state index is 13.2. The van der Waals surface area contributed by atoms with Crippen molar-refractivity contribution < 1.29 is 27.1 Å².